The molecule has 0 radical (unpaired) electrons. The SMILES string of the molecule is C=CCCC1Cc2ccc(cn2)-c2ccnc(n2)Nc2cccc(c2)CN2CCN(CC2)CC(=O)N1. The van der Waals surface area contributed by atoms with Crippen LogP contribution in [0.15, 0.2) is 67.5 Å². The Balaban J connectivity index is 1.42. The second-order valence-electron chi connectivity index (χ2n) is 9.52. The number of carbonyl (C=O) groups excluding carboxylic acids is 1. The average Bonchev–Trinajstić information content (AvgIpc) is 2.89. The molecule has 0 aliphatic carbocycles. The summed E-state index contributed by atoms with van der Waals surface area (Å²) in [5, 5.41) is 6.60. The lowest BCUT2D eigenvalue weighted by Gasteiger charge is -2.34. The largest absolute Gasteiger partial charge is 0.352 e. The molecule has 1 aromatic carbocycles. The van der Waals surface area contributed by atoms with Gasteiger partial charge < -0.3 is 10.6 Å². The van der Waals surface area contributed by atoms with Crippen LogP contribution in [0.3, 0.4) is 0 Å². The summed E-state index contributed by atoms with van der Waals surface area (Å²) in [7, 11) is 0. The van der Waals surface area contributed by atoms with Crippen molar-refractivity contribution in [1.29, 1.82) is 0 Å². The molecule has 0 saturated carbocycles. The van der Waals surface area contributed by atoms with Crippen LogP contribution in [0.2, 0.25) is 0 Å². The molecule has 36 heavy (non-hydrogen) atoms. The number of anilines is 2. The van der Waals surface area contributed by atoms with Crippen LogP contribution in [0.5, 0.6) is 0 Å². The number of allylic oxidation sites excluding steroid dienone is 1. The minimum atomic E-state index is 0.0189. The minimum absolute atomic E-state index is 0.0189. The molecular formula is C28H33N7O. The standard InChI is InChI=1S/C28H33N7O/c1-2-3-6-25-17-23-9-8-22(18-30-23)26-10-11-29-28(33-26)32-24-7-4-5-21(16-24)19-34-12-14-35(15-13-34)20-27(36)31-25/h2,4-5,7-11,16,18,25H,1,3,6,12-15,17,19-20H2,(H,31,36)(H,29,32,33). The van der Waals surface area contributed by atoms with E-state index in [0.717, 1.165) is 68.2 Å². The minimum Gasteiger partial charge on any atom is -0.352 e. The monoisotopic (exact) mass is 483 g/mol. The molecular weight excluding hydrogens is 450 g/mol. The molecule has 7 heterocycles. The van der Waals surface area contributed by atoms with E-state index in [9.17, 15) is 4.79 Å². The van der Waals surface area contributed by atoms with Gasteiger partial charge in [0.2, 0.25) is 11.9 Å². The van der Waals surface area contributed by atoms with Crippen molar-refractivity contribution in [2.45, 2.75) is 31.8 Å². The number of nitrogens with zero attached hydrogens (tertiary/aromatic N) is 5. The van der Waals surface area contributed by atoms with Gasteiger partial charge in [0.05, 0.1) is 12.2 Å². The molecule has 2 N–H and O–H groups in total. The van der Waals surface area contributed by atoms with Gasteiger partial charge in [0.1, 0.15) is 0 Å². The Morgan fingerprint density at radius 3 is 2.64 bits per heavy atom. The van der Waals surface area contributed by atoms with Gasteiger partial charge in [-0.25, -0.2) is 9.97 Å². The number of hydrogen-bond donors (Lipinski definition) is 2. The van der Waals surface area contributed by atoms with E-state index in [1.54, 1.807) is 6.20 Å². The molecule has 8 heteroatoms. The van der Waals surface area contributed by atoms with Crippen molar-refractivity contribution < 1.29 is 4.79 Å². The highest BCUT2D eigenvalue weighted by Gasteiger charge is 2.21. The third-order valence-corrected chi connectivity index (χ3v) is 6.74. The summed E-state index contributed by atoms with van der Waals surface area (Å²) in [6.45, 7) is 8.79. The quantitative estimate of drug-likeness (QED) is 0.552. The zero-order valence-corrected chi connectivity index (χ0v) is 20.6. The van der Waals surface area contributed by atoms with Gasteiger partial charge in [-0.15, -0.1) is 6.58 Å². The molecule has 1 amide bonds. The number of amides is 1. The number of pyridine rings is 1. The zero-order valence-electron chi connectivity index (χ0n) is 20.6. The maximum atomic E-state index is 12.9. The normalized spacial score (nSPS) is 22.2. The number of carbonyl (C=O) groups is 1. The predicted octanol–water partition coefficient (Wildman–Crippen LogP) is 3.41. The topological polar surface area (TPSA) is 86.3 Å². The first-order valence-corrected chi connectivity index (χ1v) is 12.6. The Morgan fingerprint density at radius 1 is 1.03 bits per heavy atom. The first kappa shape index (κ1) is 24.1. The maximum absolute atomic E-state index is 12.9. The van der Waals surface area contributed by atoms with Crippen molar-refractivity contribution in [3.05, 3.63) is 78.8 Å². The molecule has 186 valence electrons. The Kier molecular flexibility index (Phi) is 7.64. The van der Waals surface area contributed by atoms with Crippen molar-refractivity contribution in [1.82, 2.24) is 30.1 Å². The molecule has 1 atom stereocenters. The number of piperazine rings is 1. The molecule has 8 rings (SSSR count). The number of hydrogen-bond acceptors (Lipinski definition) is 7. The fourth-order valence-electron chi connectivity index (χ4n) is 4.79. The van der Waals surface area contributed by atoms with Crippen LogP contribution in [-0.4, -0.2) is 69.4 Å². The van der Waals surface area contributed by atoms with E-state index in [-0.39, 0.29) is 11.9 Å². The molecule has 5 aliphatic rings. The van der Waals surface area contributed by atoms with Crippen molar-refractivity contribution in [2.24, 2.45) is 0 Å². The van der Waals surface area contributed by atoms with Crippen LogP contribution in [0, 0.1) is 0 Å². The van der Waals surface area contributed by atoms with Crippen LogP contribution < -0.4 is 10.6 Å². The average molecular weight is 484 g/mol. The first-order valence-electron chi connectivity index (χ1n) is 12.6. The van der Waals surface area contributed by atoms with Crippen LogP contribution in [0.1, 0.15) is 24.1 Å². The third-order valence-electron chi connectivity index (χ3n) is 6.74. The van der Waals surface area contributed by atoms with E-state index in [0.29, 0.717) is 18.9 Å². The Bertz CT molecular complexity index is 1190. The summed E-state index contributed by atoms with van der Waals surface area (Å²) in [6, 6.07) is 14.3. The fraction of sp³-hybridized carbons (Fsp3) is 0.357. The summed E-state index contributed by atoms with van der Waals surface area (Å²) in [5.41, 5.74) is 4.87. The van der Waals surface area contributed by atoms with Crippen LogP contribution in [0.25, 0.3) is 11.3 Å². The number of rotatable bonds is 3. The highest BCUT2D eigenvalue weighted by molar-refractivity contribution is 5.78. The van der Waals surface area contributed by atoms with Crippen LogP contribution in [-0.2, 0) is 17.8 Å². The van der Waals surface area contributed by atoms with E-state index in [1.165, 1.54) is 5.56 Å². The maximum Gasteiger partial charge on any atom is 0.234 e. The second-order valence-corrected chi connectivity index (χ2v) is 9.52. The molecule has 1 saturated heterocycles. The van der Waals surface area contributed by atoms with Crippen molar-refractivity contribution >= 4 is 17.5 Å². The molecule has 0 spiro atoms. The predicted molar refractivity (Wildman–Crippen MR) is 142 cm³/mol. The molecule has 2 aromatic heterocycles. The van der Waals surface area contributed by atoms with Crippen molar-refractivity contribution in [3.63, 3.8) is 0 Å². The van der Waals surface area contributed by atoms with E-state index in [2.05, 4.69) is 55.2 Å². The van der Waals surface area contributed by atoms with Crippen LogP contribution in [0.4, 0.5) is 11.6 Å². The lowest BCUT2D eigenvalue weighted by Crippen LogP contribution is -2.50. The van der Waals surface area contributed by atoms with Gasteiger partial charge >= 0.3 is 0 Å². The van der Waals surface area contributed by atoms with Gasteiger partial charge in [-0.3, -0.25) is 19.6 Å². The van der Waals surface area contributed by atoms with Gasteiger partial charge in [0, 0.05) is 74.5 Å². The molecule has 8 nitrogen and oxygen atoms in total. The van der Waals surface area contributed by atoms with Gasteiger partial charge in [0.25, 0.3) is 0 Å². The molecule has 1 unspecified atom stereocenters. The van der Waals surface area contributed by atoms with Crippen LogP contribution >= 0.6 is 0 Å². The Labute approximate surface area is 212 Å². The first-order chi connectivity index (χ1) is 17.6. The number of aromatic nitrogens is 3. The summed E-state index contributed by atoms with van der Waals surface area (Å²) in [6.07, 6.45) is 7.87. The van der Waals surface area contributed by atoms with E-state index in [4.69, 9.17) is 4.98 Å². The summed E-state index contributed by atoms with van der Waals surface area (Å²) < 4.78 is 0. The second kappa shape index (κ2) is 11.4. The van der Waals surface area contributed by atoms with Gasteiger partial charge in [-0.2, -0.15) is 0 Å². The van der Waals surface area contributed by atoms with Gasteiger partial charge in [-0.05, 0) is 48.7 Å². The molecule has 8 bridgehead atoms. The van der Waals surface area contributed by atoms with E-state index in [1.807, 2.05) is 36.5 Å². The van der Waals surface area contributed by atoms with Gasteiger partial charge in [0.15, 0.2) is 0 Å². The van der Waals surface area contributed by atoms with Crippen molar-refractivity contribution in [2.75, 3.05) is 38.0 Å². The third kappa shape index (κ3) is 6.33. The zero-order chi connectivity index (χ0) is 24.7. The Hall–Kier alpha value is -3.62. The Morgan fingerprint density at radius 2 is 1.86 bits per heavy atom. The molecule has 3 aromatic rings. The highest BCUT2D eigenvalue weighted by atomic mass is 16.2. The van der Waals surface area contributed by atoms with E-state index < -0.39 is 0 Å². The summed E-state index contributed by atoms with van der Waals surface area (Å²) in [5.74, 6) is 0.632. The number of benzene rings is 1. The number of nitrogens with one attached hydrogen (secondary N) is 2. The lowest BCUT2D eigenvalue weighted by atomic mass is 10.0. The molecule has 1 fully saturated rings. The van der Waals surface area contributed by atoms with Crippen molar-refractivity contribution in [3.8, 4) is 11.3 Å². The van der Waals surface area contributed by atoms with Gasteiger partial charge in [-0.1, -0.05) is 18.2 Å². The van der Waals surface area contributed by atoms with E-state index >= 15 is 0 Å². The summed E-state index contributed by atoms with van der Waals surface area (Å²) in [4.78, 5) is 31.4. The highest BCUT2D eigenvalue weighted by Crippen LogP contribution is 2.21. The molecule has 5 aliphatic heterocycles. The lowest BCUT2D eigenvalue weighted by molar-refractivity contribution is -0.123. The smallest absolute Gasteiger partial charge is 0.234 e. The summed E-state index contributed by atoms with van der Waals surface area (Å²) >= 11 is 0. The fourth-order valence-corrected chi connectivity index (χ4v) is 4.79.